The lowest BCUT2D eigenvalue weighted by molar-refractivity contribution is -0.137. The highest BCUT2D eigenvalue weighted by molar-refractivity contribution is 5.71. The summed E-state index contributed by atoms with van der Waals surface area (Å²) in [6.07, 6.45) is 3.17. The smallest absolute Gasteiger partial charge is 0.304 e. The maximum Gasteiger partial charge on any atom is 0.304 e. The molecule has 0 radical (unpaired) electrons. The first-order valence-electron chi connectivity index (χ1n) is 6.10. The molecule has 1 fully saturated rings. The molecule has 3 nitrogen and oxygen atoms in total. The molecule has 0 atom stereocenters. The molecule has 0 aromatic heterocycles. The Balaban J connectivity index is 2.09. The number of carbonyl (C=O) groups is 1. The van der Waals surface area contributed by atoms with Gasteiger partial charge in [-0.15, -0.1) is 0 Å². The summed E-state index contributed by atoms with van der Waals surface area (Å²) in [7, 11) is 0. The Labute approximate surface area is 100 Å². The maximum absolute atomic E-state index is 11.0. The molecule has 3 heteroatoms. The van der Waals surface area contributed by atoms with Crippen LogP contribution in [0.4, 0.5) is 0 Å². The Kier molecular flexibility index (Phi) is 2.18. The lowest BCUT2D eigenvalue weighted by Crippen LogP contribution is -2.16. The summed E-state index contributed by atoms with van der Waals surface area (Å²) in [6.45, 7) is 2.81. The van der Waals surface area contributed by atoms with E-state index in [9.17, 15) is 4.79 Å². The van der Waals surface area contributed by atoms with Gasteiger partial charge in [0.15, 0.2) is 0 Å². The van der Waals surface area contributed by atoms with Crippen molar-refractivity contribution in [3.05, 3.63) is 28.8 Å². The van der Waals surface area contributed by atoms with Gasteiger partial charge in [-0.25, -0.2) is 0 Å². The fourth-order valence-electron chi connectivity index (χ4n) is 3.09. The van der Waals surface area contributed by atoms with E-state index < -0.39 is 5.97 Å². The molecular formula is C14H16O3. The van der Waals surface area contributed by atoms with Crippen LogP contribution in [0.25, 0.3) is 0 Å². The summed E-state index contributed by atoms with van der Waals surface area (Å²) in [4.78, 5) is 11.0. The fraction of sp³-hybridized carbons (Fsp3) is 0.500. The molecule has 1 aliphatic heterocycles. The van der Waals surface area contributed by atoms with Gasteiger partial charge in [-0.1, -0.05) is 6.07 Å². The van der Waals surface area contributed by atoms with Crippen LogP contribution in [0.1, 0.15) is 36.0 Å². The highest BCUT2D eigenvalue weighted by Gasteiger charge is 2.48. The molecular weight excluding hydrogens is 216 g/mol. The van der Waals surface area contributed by atoms with E-state index >= 15 is 0 Å². The Morgan fingerprint density at radius 3 is 2.88 bits per heavy atom. The SMILES string of the molecule is Cc1ccc2c(c1C1(CC(=O)O)CC1)CCO2. The van der Waals surface area contributed by atoms with Crippen LogP contribution in [0.5, 0.6) is 5.75 Å². The average molecular weight is 232 g/mol. The van der Waals surface area contributed by atoms with Gasteiger partial charge in [-0.05, 0) is 37.0 Å². The Hall–Kier alpha value is -1.51. The summed E-state index contributed by atoms with van der Waals surface area (Å²) in [5.41, 5.74) is 3.63. The summed E-state index contributed by atoms with van der Waals surface area (Å²) < 4.78 is 5.57. The molecule has 1 aromatic rings. The van der Waals surface area contributed by atoms with Gasteiger partial charge in [-0.3, -0.25) is 4.79 Å². The zero-order valence-corrected chi connectivity index (χ0v) is 9.95. The monoisotopic (exact) mass is 232 g/mol. The van der Waals surface area contributed by atoms with Crippen LogP contribution in [-0.4, -0.2) is 17.7 Å². The molecule has 0 amide bonds. The number of ether oxygens (including phenoxy) is 1. The van der Waals surface area contributed by atoms with Crippen LogP contribution in [0, 0.1) is 6.92 Å². The van der Waals surface area contributed by atoms with Crippen molar-refractivity contribution in [1.29, 1.82) is 0 Å². The molecule has 0 bridgehead atoms. The van der Waals surface area contributed by atoms with E-state index in [-0.39, 0.29) is 11.8 Å². The topological polar surface area (TPSA) is 46.5 Å². The Bertz CT molecular complexity index is 486. The van der Waals surface area contributed by atoms with Crippen molar-refractivity contribution >= 4 is 5.97 Å². The van der Waals surface area contributed by atoms with Gasteiger partial charge in [0.25, 0.3) is 0 Å². The summed E-state index contributed by atoms with van der Waals surface area (Å²) in [5, 5.41) is 9.06. The lowest BCUT2D eigenvalue weighted by atomic mass is 9.84. The molecule has 1 saturated carbocycles. The number of fused-ring (bicyclic) bond motifs is 1. The van der Waals surface area contributed by atoms with E-state index in [1.807, 2.05) is 6.07 Å². The molecule has 0 unspecified atom stereocenters. The number of carboxylic acids is 1. The second kappa shape index (κ2) is 3.49. The minimum atomic E-state index is -0.696. The maximum atomic E-state index is 11.0. The van der Waals surface area contributed by atoms with Crippen molar-refractivity contribution in [1.82, 2.24) is 0 Å². The van der Waals surface area contributed by atoms with Crippen LogP contribution in [0.15, 0.2) is 12.1 Å². The largest absolute Gasteiger partial charge is 0.493 e. The highest BCUT2D eigenvalue weighted by Crippen LogP contribution is 2.55. The minimum absolute atomic E-state index is 0.102. The molecule has 1 heterocycles. The zero-order chi connectivity index (χ0) is 12.0. The third kappa shape index (κ3) is 1.61. The third-order valence-electron chi connectivity index (χ3n) is 3.96. The number of rotatable bonds is 3. The van der Waals surface area contributed by atoms with E-state index in [0.717, 1.165) is 31.6 Å². The van der Waals surface area contributed by atoms with Crippen molar-refractivity contribution < 1.29 is 14.6 Å². The molecule has 1 aliphatic carbocycles. The van der Waals surface area contributed by atoms with Gasteiger partial charge < -0.3 is 9.84 Å². The molecule has 2 aliphatic rings. The Morgan fingerprint density at radius 2 is 2.24 bits per heavy atom. The van der Waals surface area contributed by atoms with Crippen LogP contribution < -0.4 is 4.74 Å². The molecule has 1 N–H and O–H groups in total. The fourth-order valence-corrected chi connectivity index (χ4v) is 3.09. The molecule has 1 aromatic carbocycles. The number of benzene rings is 1. The van der Waals surface area contributed by atoms with Crippen LogP contribution in [0.3, 0.4) is 0 Å². The van der Waals surface area contributed by atoms with Crippen molar-refractivity contribution in [2.75, 3.05) is 6.61 Å². The summed E-state index contributed by atoms with van der Waals surface area (Å²) >= 11 is 0. The first kappa shape index (κ1) is 10.6. The number of aliphatic carboxylic acids is 1. The molecule has 17 heavy (non-hydrogen) atoms. The van der Waals surface area contributed by atoms with E-state index in [4.69, 9.17) is 9.84 Å². The van der Waals surface area contributed by atoms with Gasteiger partial charge in [0, 0.05) is 17.4 Å². The molecule has 3 rings (SSSR count). The van der Waals surface area contributed by atoms with Crippen LogP contribution in [-0.2, 0) is 16.6 Å². The summed E-state index contributed by atoms with van der Waals surface area (Å²) in [5.74, 6) is 0.265. The highest BCUT2D eigenvalue weighted by atomic mass is 16.5. The van der Waals surface area contributed by atoms with E-state index in [0.29, 0.717) is 0 Å². The van der Waals surface area contributed by atoms with Crippen molar-refractivity contribution in [2.24, 2.45) is 0 Å². The van der Waals surface area contributed by atoms with Crippen LogP contribution in [0.2, 0.25) is 0 Å². The standard InChI is InChI=1S/C14H16O3/c1-9-2-3-11-10(4-7-17-11)13(9)14(5-6-14)8-12(15)16/h2-3H,4-8H2,1H3,(H,15,16). The quantitative estimate of drug-likeness (QED) is 0.870. The number of aryl methyl sites for hydroxylation is 1. The minimum Gasteiger partial charge on any atom is -0.493 e. The molecule has 90 valence electrons. The normalized spacial score (nSPS) is 19.6. The predicted octanol–water partition coefficient (Wildman–Crippen LogP) is 2.44. The van der Waals surface area contributed by atoms with Crippen molar-refractivity contribution in [3.63, 3.8) is 0 Å². The van der Waals surface area contributed by atoms with E-state index in [1.165, 1.54) is 16.7 Å². The summed E-state index contributed by atoms with van der Waals surface area (Å²) in [6, 6.07) is 4.07. The third-order valence-corrected chi connectivity index (χ3v) is 3.96. The first-order valence-corrected chi connectivity index (χ1v) is 6.10. The lowest BCUT2D eigenvalue weighted by Gasteiger charge is -2.19. The molecule has 0 saturated heterocycles. The Morgan fingerprint density at radius 1 is 1.47 bits per heavy atom. The predicted molar refractivity (Wildman–Crippen MR) is 63.5 cm³/mol. The van der Waals surface area contributed by atoms with Crippen molar-refractivity contribution in [3.8, 4) is 5.75 Å². The van der Waals surface area contributed by atoms with E-state index in [1.54, 1.807) is 0 Å². The number of hydrogen-bond donors (Lipinski definition) is 1. The van der Waals surface area contributed by atoms with Gasteiger partial charge in [0.1, 0.15) is 5.75 Å². The van der Waals surface area contributed by atoms with Gasteiger partial charge >= 0.3 is 5.97 Å². The van der Waals surface area contributed by atoms with E-state index in [2.05, 4.69) is 13.0 Å². The van der Waals surface area contributed by atoms with Gasteiger partial charge in [-0.2, -0.15) is 0 Å². The van der Waals surface area contributed by atoms with Crippen molar-refractivity contribution in [2.45, 2.75) is 38.0 Å². The second-order valence-corrected chi connectivity index (χ2v) is 5.18. The zero-order valence-electron chi connectivity index (χ0n) is 9.95. The van der Waals surface area contributed by atoms with Crippen LogP contribution >= 0.6 is 0 Å². The average Bonchev–Trinajstić information content (AvgIpc) is 2.87. The van der Waals surface area contributed by atoms with Gasteiger partial charge in [0.05, 0.1) is 13.0 Å². The second-order valence-electron chi connectivity index (χ2n) is 5.18. The first-order chi connectivity index (χ1) is 8.12. The molecule has 0 spiro atoms. The number of hydrogen-bond acceptors (Lipinski definition) is 2. The number of carboxylic acid groups (broad SMARTS) is 1. The van der Waals surface area contributed by atoms with Gasteiger partial charge in [0.2, 0.25) is 0 Å².